The summed E-state index contributed by atoms with van der Waals surface area (Å²) < 4.78 is 0. The molecule has 0 aromatic rings. The first kappa shape index (κ1) is 9.00. The van der Waals surface area contributed by atoms with Crippen molar-refractivity contribution in [3.05, 3.63) is 0 Å². The monoisotopic (exact) mass is 182 g/mol. The van der Waals surface area contributed by atoms with E-state index in [1.54, 1.807) is 0 Å². The maximum atomic E-state index is 11.6. The second kappa shape index (κ2) is 2.98. The van der Waals surface area contributed by atoms with Crippen molar-refractivity contribution >= 4 is 5.91 Å². The molecule has 2 fully saturated rings. The van der Waals surface area contributed by atoms with Gasteiger partial charge in [0.05, 0.1) is 6.04 Å². The fraction of sp³-hybridized carbons (Fsp3) is 0.900. The lowest BCUT2D eigenvalue weighted by Gasteiger charge is -2.30. The van der Waals surface area contributed by atoms with Crippen LogP contribution in [0.2, 0.25) is 0 Å². The van der Waals surface area contributed by atoms with Gasteiger partial charge in [0, 0.05) is 5.54 Å². The average Bonchev–Trinajstić information content (AvgIpc) is 2.64. The van der Waals surface area contributed by atoms with Crippen LogP contribution in [0, 0.1) is 5.92 Å². The molecule has 2 aliphatic rings. The minimum atomic E-state index is 0.0937. The minimum absolute atomic E-state index is 0.0937. The van der Waals surface area contributed by atoms with Gasteiger partial charge in [0.15, 0.2) is 0 Å². The third kappa shape index (κ3) is 1.57. The van der Waals surface area contributed by atoms with Crippen LogP contribution in [0.3, 0.4) is 0 Å². The zero-order valence-corrected chi connectivity index (χ0v) is 8.39. The predicted octanol–water partition coefficient (Wildman–Crippen LogP) is 0.653. The summed E-state index contributed by atoms with van der Waals surface area (Å²) in [6.07, 6.45) is 3.31. The van der Waals surface area contributed by atoms with Crippen molar-refractivity contribution in [2.45, 2.75) is 44.7 Å². The highest BCUT2D eigenvalue weighted by molar-refractivity contribution is 5.83. The van der Waals surface area contributed by atoms with Crippen LogP contribution in [0.1, 0.15) is 33.1 Å². The molecular formula is C10H18N2O. The number of hydrogen-bond acceptors (Lipinski definition) is 2. The molecule has 1 aliphatic carbocycles. The standard InChI is InChI=1S/C10H18N2O/c1-7(2)10(4-5-10)12-9(13)8-3-6-11-8/h7-8,11H,3-6H2,1-2H3,(H,12,13). The summed E-state index contributed by atoms with van der Waals surface area (Å²) in [5.74, 6) is 0.772. The molecule has 0 spiro atoms. The van der Waals surface area contributed by atoms with Gasteiger partial charge in [-0.3, -0.25) is 4.79 Å². The molecule has 1 heterocycles. The van der Waals surface area contributed by atoms with E-state index < -0.39 is 0 Å². The van der Waals surface area contributed by atoms with Crippen LogP contribution >= 0.6 is 0 Å². The van der Waals surface area contributed by atoms with Crippen molar-refractivity contribution in [1.29, 1.82) is 0 Å². The summed E-state index contributed by atoms with van der Waals surface area (Å²) in [5.41, 5.74) is 0.147. The first-order valence-electron chi connectivity index (χ1n) is 5.19. The third-order valence-electron chi connectivity index (χ3n) is 3.41. The SMILES string of the molecule is CC(C)C1(NC(=O)C2CCN2)CC1. The van der Waals surface area contributed by atoms with E-state index in [0.29, 0.717) is 5.92 Å². The Morgan fingerprint density at radius 1 is 1.54 bits per heavy atom. The summed E-state index contributed by atoms with van der Waals surface area (Å²) in [6, 6.07) is 0.0937. The van der Waals surface area contributed by atoms with Crippen molar-refractivity contribution in [3.63, 3.8) is 0 Å². The quantitative estimate of drug-likeness (QED) is 0.673. The number of rotatable bonds is 3. The molecule has 1 aliphatic heterocycles. The van der Waals surface area contributed by atoms with E-state index in [-0.39, 0.29) is 17.5 Å². The van der Waals surface area contributed by atoms with E-state index in [0.717, 1.165) is 25.8 Å². The Kier molecular flexibility index (Phi) is 2.06. The van der Waals surface area contributed by atoms with E-state index >= 15 is 0 Å². The van der Waals surface area contributed by atoms with E-state index in [1.807, 2.05) is 0 Å². The van der Waals surface area contributed by atoms with Gasteiger partial charge in [-0.25, -0.2) is 0 Å². The van der Waals surface area contributed by atoms with Crippen LogP contribution < -0.4 is 10.6 Å². The van der Waals surface area contributed by atoms with Crippen molar-refractivity contribution in [2.24, 2.45) is 5.92 Å². The fourth-order valence-electron chi connectivity index (χ4n) is 1.83. The maximum absolute atomic E-state index is 11.6. The van der Waals surface area contributed by atoms with Gasteiger partial charge < -0.3 is 10.6 Å². The van der Waals surface area contributed by atoms with Gasteiger partial charge >= 0.3 is 0 Å². The molecule has 2 rings (SSSR count). The number of carbonyl (C=O) groups is 1. The lowest BCUT2D eigenvalue weighted by molar-refractivity contribution is -0.126. The van der Waals surface area contributed by atoms with Crippen molar-refractivity contribution in [3.8, 4) is 0 Å². The van der Waals surface area contributed by atoms with Crippen LogP contribution in [0.4, 0.5) is 0 Å². The Balaban J connectivity index is 1.86. The normalized spacial score (nSPS) is 29.6. The van der Waals surface area contributed by atoms with Gasteiger partial charge in [-0.1, -0.05) is 13.8 Å². The predicted molar refractivity (Wildman–Crippen MR) is 51.4 cm³/mol. The minimum Gasteiger partial charge on any atom is -0.349 e. The zero-order chi connectivity index (χ0) is 9.47. The first-order valence-corrected chi connectivity index (χ1v) is 5.19. The molecule has 0 bridgehead atoms. The van der Waals surface area contributed by atoms with Gasteiger partial charge in [0.25, 0.3) is 0 Å². The summed E-state index contributed by atoms with van der Waals surface area (Å²) in [6.45, 7) is 5.36. The van der Waals surface area contributed by atoms with Crippen LogP contribution in [0.5, 0.6) is 0 Å². The topological polar surface area (TPSA) is 41.1 Å². The van der Waals surface area contributed by atoms with Crippen LogP contribution in [-0.4, -0.2) is 24.0 Å². The number of carbonyl (C=O) groups excluding carboxylic acids is 1. The molecule has 74 valence electrons. The summed E-state index contributed by atoms with van der Waals surface area (Å²) in [7, 11) is 0. The zero-order valence-electron chi connectivity index (χ0n) is 8.39. The molecule has 1 unspecified atom stereocenters. The van der Waals surface area contributed by atoms with E-state index in [2.05, 4.69) is 24.5 Å². The summed E-state index contributed by atoms with van der Waals surface area (Å²) in [5, 5.41) is 6.29. The Bertz CT molecular complexity index is 217. The second-order valence-electron chi connectivity index (χ2n) is 4.60. The van der Waals surface area contributed by atoms with Gasteiger partial charge in [0.1, 0.15) is 0 Å². The lowest BCUT2D eigenvalue weighted by Crippen LogP contribution is -2.56. The van der Waals surface area contributed by atoms with Crippen molar-refractivity contribution in [1.82, 2.24) is 10.6 Å². The molecule has 1 saturated heterocycles. The van der Waals surface area contributed by atoms with Gasteiger partial charge in [-0.05, 0) is 31.7 Å². The Morgan fingerprint density at radius 2 is 2.15 bits per heavy atom. The molecule has 1 amide bonds. The molecule has 13 heavy (non-hydrogen) atoms. The van der Waals surface area contributed by atoms with Gasteiger partial charge in [-0.15, -0.1) is 0 Å². The molecule has 0 aromatic carbocycles. The van der Waals surface area contributed by atoms with Crippen LogP contribution in [0.15, 0.2) is 0 Å². The van der Waals surface area contributed by atoms with Crippen molar-refractivity contribution in [2.75, 3.05) is 6.54 Å². The van der Waals surface area contributed by atoms with E-state index in [1.165, 1.54) is 0 Å². The molecule has 3 nitrogen and oxygen atoms in total. The fourth-order valence-corrected chi connectivity index (χ4v) is 1.83. The number of hydrogen-bond donors (Lipinski definition) is 2. The first-order chi connectivity index (χ1) is 6.14. The lowest BCUT2D eigenvalue weighted by atomic mass is 10.00. The number of amides is 1. The highest BCUT2D eigenvalue weighted by Crippen LogP contribution is 2.42. The largest absolute Gasteiger partial charge is 0.349 e. The molecule has 3 heteroatoms. The Hall–Kier alpha value is -0.570. The Labute approximate surface area is 79.3 Å². The highest BCUT2D eigenvalue weighted by atomic mass is 16.2. The van der Waals surface area contributed by atoms with Gasteiger partial charge in [0.2, 0.25) is 5.91 Å². The van der Waals surface area contributed by atoms with E-state index in [4.69, 9.17) is 0 Å². The van der Waals surface area contributed by atoms with Crippen LogP contribution in [-0.2, 0) is 4.79 Å². The molecule has 1 atom stereocenters. The summed E-state index contributed by atoms with van der Waals surface area (Å²) >= 11 is 0. The summed E-state index contributed by atoms with van der Waals surface area (Å²) in [4.78, 5) is 11.6. The molecule has 2 N–H and O–H groups in total. The maximum Gasteiger partial charge on any atom is 0.237 e. The molecule has 0 aromatic heterocycles. The third-order valence-corrected chi connectivity index (χ3v) is 3.41. The Morgan fingerprint density at radius 3 is 2.46 bits per heavy atom. The molecule has 0 radical (unpaired) electrons. The second-order valence-corrected chi connectivity index (χ2v) is 4.60. The van der Waals surface area contributed by atoms with E-state index in [9.17, 15) is 4.79 Å². The van der Waals surface area contributed by atoms with Gasteiger partial charge in [-0.2, -0.15) is 0 Å². The molecule has 1 saturated carbocycles. The average molecular weight is 182 g/mol. The highest BCUT2D eigenvalue weighted by Gasteiger charge is 2.47. The smallest absolute Gasteiger partial charge is 0.237 e. The number of nitrogens with one attached hydrogen (secondary N) is 2. The molecular weight excluding hydrogens is 164 g/mol. The van der Waals surface area contributed by atoms with Crippen LogP contribution in [0.25, 0.3) is 0 Å². The van der Waals surface area contributed by atoms with Crippen molar-refractivity contribution < 1.29 is 4.79 Å².